The third-order valence-corrected chi connectivity index (χ3v) is 20.2. The molecule has 22 atom stereocenters. The summed E-state index contributed by atoms with van der Waals surface area (Å²) in [7, 11) is 3.43. The number of hydrogen-bond donors (Lipinski definition) is 8. The average Bonchev–Trinajstić information content (AvgIpc) is 3.39. The van der Waals surface area contributed by atoms with E-state index in [1.807, 2.05) is 26.8 Å². The van der Waals surface area contributed by atoms with E-state index in [4.69, 9.17) is 23.7 Å². The van der Waals surface area contributed by atoms with Crippen molar-refractivity contribution in [2.75, 3.05) is 21.3 Å². The van der Waals surface area contributed by atoms with E-state index in [9.17, 15) is 54.3 Å². The first kappa shape index (κ1) is 59.5. The van der Waals surface area contributed by atoms with Crippen molar-refractivity contribution in [2.45, 2.75) is 213 Å². The summed E-state index contributed by atoms with van der Waals surface area (Å²) in [6.45, 7) is 19.4. The molecule has 428 valence electrons. The number of carbonyl (C=O) groups is 7. The normalized spacial score (nSPS) is 43.8. The third-order valence-electron chi connectivity index (χ3n) is 20.2. The fourth-order valence-electron chi connectivity index (χ4n) is 15.4. The minimum Gasteiger partial charge on any atom is -0.453 e. The van der Waals surface area contributed by atoms with Crippen LogP contribution in [0.25, 0.3) is 0 Å². The van der Waals surface area contributed by atoms with Crippen LogP contribution in [0.5, 0.6) is 0 Å². The zero-order valence-electron chi connectivity index (χ0n) is 46.2. The van der Waals surface area contributed by atoms with Crippen molar-refractivity contribution >= 4 is 41.4 Å². The Morgan fingerprint density at radius 2 is 1.13 bits per heavy atom. The fraction of sp³-hybridized carbons (Fsp3) is 0.833. The molecule has 22 nitrogen and oxygen atoms in total. The Balaban J connectivity index is 1.18. The number of carbonyl (C=O) groups excluding carboxylic acids is 7. The van der Waals surface area contributed by atoms with Crippen LogP contribution in [0, 0.1) is 50.2 Å². The summed E-state index contributed by atoms with van der Waals surface area (Å²) in [5.41, 5.74) is -2.00. The molecule has 2 aliphatic heterocycles. The minimum atomic E-state index is -2.07. The highest BCUT2D eigenvalue weighted by Gasteiger charge is 2.71. The molecule has 22 heteroatoms. The van der Waals surface area contributed by atoms with E-state index in [0.29, 0.717) is 38.5 Å². The largest absolute Gasteiger partial charge is 0.453 e. The molecular weight excluding hydrogens is 995 g/mol. The minimum absolute atomic E-state index is 0.0451. The van der Waals surface area contributed by atoms with Gasteiger partial charge in [0.25, 0.3) is 0 Å². The van der Waals surface area contributed by atoms with E-state index in [-0.39, 0.29) is 28.8 Å². The maximum absolute atomic E-state index is 15.3. The van der Waals surface area contributed by atoms with Gasteiger partial charge in [0.1, 0.15) is 48.8 Å². The number of aliphatic hydroxyl groups is 5. The van der Waals surface area contributed by atoms with Crippen LogP contribution in [-0.4, -0.2) is 174 Å². The zero-order chi connectivity index (χ0) is 56.6. The first-order valence-electron chi connectivity index (χ1n) is 26.7. The Morgan fingerprint density at radius 1 is 0.618 bits per heavy atom. The van der Waals surface area contributed by atoms with Gasteiger partial charge in [-0.25, -0.2) is 14.4 Å². The maximum atomic E-state index is 15.3. The van der Waals surface area contributed by atoms with Crippen molar-refractivity contribution in [1.82, 2.24) is 16.0 Å². The Bertz CT molecular complexity index is 2310. The summed E-state index contributed by atoms with van der Waals surface area (Å²) < 4.78 is 39.0. The highest BCUT2D eigenvalue weighted by Crippen LogP contribution is 2.75. The molecule has 2 saturated heterocycles. The lowest BCUT2D eigenvalue weighted by Gasteiger charge is -2.70. The Morgan fingerprint density at radius 3 is 1.68 bits per heavy atom. The number of Topliss-reactive ketones (excluding diaryl/α,β-unsaturated/α-hetero) is 3. The van der Waals surface area contributed by atoms with Gasteiger partial charge in [0.2, 0.25) is 0 Å². The monoisotopic (exact) mass is 1080 g/mol. The van der Waals surface area contributed by atoms with Gasteiger partial charge in [0, 0.05) is 11.3 Å². The highest BCUT2D eigenvalue weighted by molar-refractivity contribution is 5.96. The second-order valence-corrected chi connectivity index (χ2v) is 24.9. The Hall–Kier alpha value is -4.13. The molecule has 0 radical (unpaired) electrons. The average molecular weight is 1080 g/mol. The van der Waals surface area contributed by atoms with E-state index < -0.39 is 148 Å². The summed E-state index contributed by atoms with van der Waals surface area (Å²) in [6.07, 6.45) is -15.0. The summed E-state index contributed by atoms with van der Waals surface area (Å²) in [5.74, 6) is -2.44. The van der Waals surface area contributed by atoms with Crippen molar-refractivity contribution in [3.8, 4) is 0 Å². The number of ketones is 4. The fourth-order valence-corrected chi connectivity index (χ4v) is 15.4. The van der Waals surface area contributed by atoms with Crippen LogP contribution in [0.3, 0.4) is 0 Å². The number of aliphatic hydroxyl groups excluding tert-OH is 5. The molecule has 0 aromatic rings. The van der Waals surface area contributed by atoms with Gasteiger partial charge in [-0.15, -0.1) is 0 Å². The molecule has 0 spiro atoms. The number of hydrogen-bond acceptors (Lipinski definition) is 19. The number of ether oxygens (including phenoxy) is 7. The molecule has 8 N–H and O–H groups in total. The quantitative estimate of drug-likeness (QED) is 0.0971. The van der Waals surface area contributed by atoms with Crippen LogP contribution in [-0.2, 0) is 52.3 Å². The van der Waals surface area contributed by atoms with Gasteiger partial charge in [0.05, 0.1) is 45.6 Å². The lowest BCUT2D eigenvalue weighted by molar-refractivity contribution is -0.369. The predicted octanol–water partition coefficient (Wildman–Crippen LogP) is 2.93. The van der Waals surface area contributed by atoms with Gasteiger partial charge in [-0.2, -0.15) is 0 Å². The summed E-state index contributed by atoms with van der Waals surface area (Å²) >= 11 is 0. The van der Waals surface area contributed by atoms with Crippen molar-refractivity contribution in [3.63, 3.8) is 0 Å². The van der Waals surface area contributed by atoms with Crippen LogP contribution >= 0.6 is 0 Å². The van der Waals surface area contributed by atoms with Gasteiger partial charge in [-0.3, -0.25) is 19.2 Å². The number of methoxy groups -OCH3 is 3. The first-order valence-corrected chi connectivity index (χ1v) is 26.7. The van der Waals surface area contributed by atoms with Crippen molar-refractivity contribution in [1.29, 1.82) is 0 Å². The topological polar surface area (TPSA) is 321 Å². The summed E-state index contributed by atoms with van der Waals surface area (Å²) in [5, 5.41) is 63.8. The van der Waals surface area contributed by atoms with Crippen LogP contribution in [0.15, 0.2) is 11.6 Å². The highest BCUT2D eigenvalue weighted by atomic mass is 16.8. The van der Waals surface area contributed by atoms with Gasteiger partial charge in [-0.1, -0.05) is 54.0 Å². The molecule has 6 fully saturated rings. The smallest absolute Gasteiger partial charge is 0.407 e. The third kappa shape index (κ3) is 10.0. The SMILES string of the molecule is COC(=O)NC(C)C(=O)[C@@H]1O[C@H](O[C@@H]2[C@H](OC3CC[C@]4(C)C5C(=O)C=C6C7C[C@@](C)(C(=O)C(C)NC(=O)OC)CCC7(C)CC[C@@]6(C)[C@]5(C)CC[C@H]4C3(C)C)O[C@@H](C(=O)C(C)NC(=O)OC)[C@H](O)[C@H]2O)[C@@H](O)[C@H](O)[C@H]1O. The van der Waals surface area contributed by atoms with Gasteiger partial charge in [-0.05, 0) is 124 Å². The lowest BCUT2D eigenvalue weighted by Crippen LogP contribution is -2.68. The van der Waals surface area contributed by atoms with Crippen molar-refractivity contribution in [3.05, 3.63) is 11.6 Å². The molecule has 7 rings (SSSR count). The number of alkyl carbamates (subject to hydrolysis) is 3. The van der Waals surface area contributed by atoms with E-state index in [1.54, 1.807) is 6.92 Å². The van der Waals surface area contributed by atoms with Crippen LogP contribution in [0.1, 0.15) is 127 Å². The molecule has 7 unspecified atom stereocenters. The number of rotatable bonds is 13. The maximum Gasteiger partial charge on any atom is 0.407 e. The second-order valence-electron chi connectivity index (χ2n) is 24.9. The molecule has 3 amide bonds. The Labute approximate surface area is 444 Å². The molecule has 5 aliphatic carbocycles. The van der Waals surface area contributed by atoms with Crippen LogP contribution in [0.4, 0.5) is 14.4 Å². The molecule has 0 aromatic carbocycles. The molecule has 76 heavy (non-hydrogen) atoms. The van der Waals surface area contributed by atoms with E-state index in [1.165, 1.54) is 21.0 Å². The van der Waals surface area contributed by atoms with E-state index in [2.05, 4.69) is 53.1 Å². The molecule has 7 aliphatic rings. The zero-order valence-corrected chi connectivity index (χ0v) is 46.2. The van der Waals surface area contributed by atoms with Gasteiger partial charge < -0.3 is 74.6 Å². The number of allylic oxidation sites excluding steroid dienone is 2. The van der Waals surface area contributed by atoms with Crippen molar-refractivity contribution < 1.29 is 92.3 Å². The molecule has 0 bridgehead atoms. The first-order chi connectivity index (χ1) is 35.3. The summed E-state index contributed by atoms with van der Waals surface area (Å²) in [6, 6.07) is -3.40. The summed E-state index contributed by atoms with van der Waals surface area (Å²) in [4.78, 5) is 93.1. The number of amides is 3. The van der Waals surface area contributed by atoms with Gasteiger partial charge >= 0.3 is 18.3 Å². The number of fused-ring (bicyclic) bond motifs is 7. The number of nitrogens with one attached hydrogen (secondary N) is 3. The van der Waals surface area contributed by atoms with Crippen LogP contribution in [0.2, 0.25) is 0 Å². The molecule has 0 aromatic heterocycles. The standard InChI is InChI=1S/C54H83N3O19/c1-24(55-46(67)70-11)32(59)39-35(62)34(61)38(65)44(74-39)76-41-37(64)36(63)40(33(60)25(2)56-47(68)71-12)75-45(41)73-31-15-16-52(8)30(49(31,4)5)14-17-54(10)42(52)29(58)22-27-28-23-51(7,43(66)26(3)57-48(69)72-13)19-18-50(28,6)20-21-53(27,54)9/h22,24-26,28,30-31,34-42,44-45,61-65H,14-21,23H2,1-13H3,(H,55,67)(H,56,68)(H,57,69)/t24?,25?,26?,28?,30-,31?,34+,35+,36+,37+,38-,39-,40-,41-,42?,44+,45+,50?,51-,52-,53+,54+/m0/s1. The second kappa shape index (κ2) is 21.5. The Kier molecular flexibility index (Phi) is 16.8. The molecule has 4 saturated carbocycles. The van der Waals surface area contributed by atoms with E-state index >= 15 is 4.79 Å². The molecular formula is C54H83N3O19. The molecule has 2 heterocycles. The van der Waals surface area contributed by atoms with Crippen LogP contribution < -0.4 is 16.0 Å². The van der Waals surface area contributed by atoms with E-state index in [0.717, 1.165) is 39.1 Å². The van der Waals surface area contributed by atoms with Crippen molar-refractivity contribution in [2.24, 2.45) is 50.2 Å². The van der Waals surface area contributed by atoms with Gasteiger partial charge in [0.15, 0.2) is 35.7 Å². The lowest BCUT2D eigenvalue weighted by atomic mass is 9.33. The predicted molar refractivity (Wildman–Crippen MR) is 267 cm³/mol.